The number of rotatable bonds is 10. The number of para-hydroxylation sites is 1. The molecule has 158 valence electrons. The first-order chi connectivity index (χ1) is 13.7. The van der Waals surface area contributed by atoms with Crippen LogP contribution in [-0.4, -0.2) is 40.3 Å². The molecule has 0 heterocycles. The predicted octanol–water partition coefficient (Wildman–Crippen LogP) is 3.87. The molecule has 2 rings (SSSR count). The van der Waals surface area contributed by atoms with Gasteiger partial charge in [-0.1, -0.05) is 35.3 Å². The van der Waals surface area contributed by atoms with E-state index in [9.17, 15) is 17.6 Å². The molecule has 0 radical (unpaired) electrons. The van der Waals surface area contributed by atoms with E-state index >= 15 is 0 Å². The topological polar surface area (TPSA) is 75.7 Å². The van der Waals surface area contributed by atoms with Crippen LogP contribution in [0.3, 0.4) is 0 Å². The first-order valence-corrected chi connectivity index (χ1v) is 11.4. The van der Waals surface area contributed by atoms with Gasteiger partial charge in [-0.05, 0) is 36.8 Å². The van der Waals surface area contributed by atoms with E-state index in [4.69, 9.17) is 27.9 Å². The van der Waals surface area contributed by atoms with Gasteiger partial charge in [0.15, 0.2) is 0 Å². The second-order valence-corrected chi connectivity index (χ2v) is 8.89. The van der Waals surface area contributed by atoms with E-state index < -0.39 is 15.8 Å². The highest BCUT2D eigenvalue weighted by Crippen LogP contribution is 2.25. The van der Waals surface area contributed by atoms with Crippen LogP contribution < -0.4 is 14.4 Å². The van der Waals surface area contributed by atoms with Crippen molar-refractivity contribution in [1.29, 1.82) is 0 Å². The molecule has 6 nitrogen and oxygen atoms in total. The average molecular weight is 463 g/mol. The van der Waals surface area contributed by atoms with Crippen molar-refractivity contribution in [2.24, 2.45) is 0 Å². The molecule has 1 amide bonds. The second-order valence-electron chi connectivity index (χ2n) is 6.17. The highest BCUT2D eigenvalue weighted by molar-refractivity contribution is 7.92. The summed E-state index contributed by atoms with van der Waals surface area (Å²) in [5, 5.41) is 3.01. The number of carbonyl (C=O) groups is 1. The second kappa shape index (κ2) is 10.7. The molecule has 0 saturated heterocycles. The van der Waals surface area contributed by atoms with Crippen LogP contribution in [0.2, 0.25) is 10.0 Å². The normalized spacial score (nSPS) is 11.2. The maximum absolute atomic E-state index is 13.3. The minimum absolute atomic E-state index is 0.0599. The molecule has 0 aliphatic carbocycles. The van der Waals surface area contributed by atoms with E-state index in [1.54, 1.807) is 24.3 Å². The van der Waals surface area contributed by atoms with E-state index in [1.165, 1.54) is 12.1 Å². The Kier molecular flexibility index (Phi) is 8.55. The maximum atomic E-state index is 13.3. The van der Waals surface area contributed by atoms with Crippen LogP contribution >= 0.6 is 23.2 Å². The van der Waals surface area contributed by atoms with Crippen molar-refractivity contribution in [1.82, 2.24) is 5.32 Å². The number of benzene rings is 2. The lowest BCUT2D eigenvalue weighted by Crippen LogP contribution is -2.33. The van der Waals surface area contributed by atoms with E-state index in [0.717, 1.165) is 16.6 Å². The number of halogens is 3. The highest BCUT2D eigenvalue weighted by Gasteiger charge is 2.18. The Morgan fingerprint density at radius 3 is 2.55 bits per heavy atom. The Morgan fingerprint density at radius 2 is 1.90 bits per heavy atom. The quantitative estimate of drug-likeness (QED) is 0.543. The van der Waals surface area contributed by atoms with E-state index in [2.05, 4.69) is 5.32 Å². The van der Waals surface area contributed by atoms with Crippen LogP contribution in [0.25, 0.3) is 0 Å². The minimum Gasteiger partial charge on any atom is -0.490 e. The van der Waals surface area contributed by atoms with E-state index in [-0.39, 0.29) is 49.2 Å². The van der Waals surface area contributed by atoms with E-state index in [1.807, 2.05) is 0 Å². The molecule has 29 heavy (non-hydrogen) atoms. The van der Waals surface area contributed by atoms with Crippen molar-refractivity contribution in [3.63, 3.8) is 0 Å². The highest BCUT2D eigenvalue weighted by atomic mass is 35.5. The molecular formula is C19H21Cl2FN2O4S. The Balaban J connectivity index is 1.79. The van der Waals surface area contributed by atoms with Crippen LogP contribution in [-0.2, 0) is 14.8 Å². The van der Waals surface area contributed by atoms with Gasteiger partial charge in [-0.15, -0.1) is 0 Å². The zero-order valence-corrected chi connectivity index (χ0v) is 18.0. The molecule has 0 unspecified atom stereocenters. The third-order valence-corrected chi connectivity index (χ3v) is 5.67. The van der Waals surface area contributed by atoms with Gasteiger partial charge in [-0.2, -0.15) is 0 Å². The molecule has 0 atom stereocenters. The van der Waals surface area contributed by atoms with Crippen molar-refractivity contribution in [3.05, 3.63) is 58.3 Å². The number of nitrogens with zero attached hydrogens (tertiary/aromatic N) is 1. The number of anilines is 1. The summed E-state index contributed by atoms with van der Waals surface area (Å²) in [7, 11) is -3.61. The van der Waals surface area contributed by atoms with Gasteiger partial charge in [0.1, 0.15) is 18.2 Å². The fourth-order valence-electron chi connectivity index (χ4n) is 2.51. The largest absolute Gasteiger partial charge is 0.490 e. The standard InChI is InChI=1S/C19H21Cl2FN2O4S/c1-29(26,27)24(14-8-9-17(22)16(21)13-14)11-4-7-19(25)23-10-12-28-18-6-3-2-5-15(18)20/h2-3,5-6,8-9,13H,4,7,10-12H2,1H3,(H,23,25). The Bertz CT molecular complexity index is 957. The van der Waals surface area contributed by atoms with Gasteiger partial charge >= 0.3 is 0 Å². The van der Waals surface area contributed by atoms with Crippen LogP contribution in [0, 0.1) is 5.82 Å². The maximum Gasteiger partial charge on any atom is 0.232 e. The van der Waals surface area contributed by atoms with Crippen LogP contribution in [0.1, 0.15) is 12.8 Å². The predicted molar refractivity (Wildman–Crippen MR) is 113 cm³/mol. The van der Waals surface area contributed by atoms with Crippen molar-refractivity contribution < 1.29 is 22.3 Å². The molecule has 2 aromatic carbocycles. The van der Waals surface area contributed by atoms with Gasteiger partial charge in [0, 0.05) is 13.0 Å². The van der Waals surface area contributed by atoms with Crippen LogP contribution in [0.15, 0.2) is 42.5 Å². The molecule has 0 aliphatic heterocycles. The van der Waals surface area contributed by atoms with Crippen LogP contribution in [0.4, 0.5) is 10.1 Å². The van der Waals surface area contributed by atoms with Gasteiger partial charge in [0.2, 0.25) is 15.9 Å². The van der Waals surface area contributed by atoms with Crippen molar-refractivity contribution in [2.45, 2.75) is 12.8 Å². The smallest absolute Gasteiger partial charge is 0.232 e. The van der Waals surface area contributed by atoms with Gasteiger partial charge in [-0.25, -0.2) is 12.8 Å². The van der Waals surface area contributed by atoms with Gasteiger partial charge < -0.3 is 10.1 Å². The summed E-state index contributed by atoms with van der Waals surface area (Å²) in [4.78, 5) is 12.0. The first-order valence-electron chi connectivity index (χ1n) is 8.75. The molecule has 2 aromatic rings. The molecule has 0 spiro atoms. The van der Waals surface area contributed by atoms with Gasteiger partial charge in [-0.3, -0.25) is 9.10 Å². The summed E-state index contributed by atoms with van der Waals surface area (Å²) in [6.07, 6.45) is 1.43. The van der Waals surface area contributed by atoms with Crippen LogP contribution in [0.5, 0.6) is 5.75 Å². The van der Waals surface area contributed by atoms with Crippen molar-refractivity contribution in [3.8, 4) is 5.75 Å². The lowest BCUT2D eigenvalue weighted by atomic mass is 10.2. The molecule has 0 fully saturated rings. The summed E-state index contributed by atoms with van der Waals surface area (Å²) in [5.74, 6) is -0.342. The zero-order chi connectivity index (χ0) is 21.4. The minimum atomic E-state index is -3.61. The number of sulfonamides is 1. The molecule has 10 heteroatoms. The lowest BCUT2D eigenvalue weighted by Gasteiger charge is -2.22. The number of hydrogen-bond acceptors (Lipinski definition) is 4. The molecule has 0 aromatic heterocycles. The summed E-state index contributed by atoms with van der Waals surface area (Å²) >= 11 is 11.7. The SMILES string of the molecule is CS(=O)(=O)N(CCCC(=O)NCCOc1ccccc1Cl)c1ccc(F)c(Cl)c1. The molecule has 0 saturated carbocycles. The molecule has 0 bridgehead atoms. The van der Waals surface area contributed by atoms with Crippen molar-refractivity contribution >= 4 is 44.8 Å². The lowest BCUT2D eigenvalue weighted by molar-refractivity contribution is -0.121. The molecule has 0 aliphatic rings. The zero-order valence-electron chi connectivity index (χ0n) is 15.7. The number of amides is 1. The first kappa shape index (κ1) is 23.3. The number of nitrogens with one attached hydrogen (secondary N) is 1. The summed E-state index contributed by atoms with van der Waals surface area (Å²) in [6, 6.07) is 10.7. The summed E-state index contributed by atoms with van der Waals surface area (Å²) in [5.41, 5.74) is 0.243. The fraction of sp³-hybridized carbons (Fsp3) is 0.316. The molecule has 1 N–H and O–H groups in total. The Hall–Kier alpha value is -2.03. The summed E-state index contributed by atoms with van der Waals surface area (Å²) < 4.78 is 44.0. The Morgan fingerprint density at radius 1 is 1.17 bits per heavy atom. The Labute approximate surface area is 179 Å². The third kappa shape index (κ3) is 7.38. The number of carbonyl (C=O) groups excluding carboxylic acids is 1. The van der Waals surface area contributed by atoms with Crippen molar-refractivity contribution in [2.75, 3.05) is 30.3 Å². The van der Waals surface area contributed by atoms with Gasteiger partial charge in [0.05, 0.1) is 28.5 Å². The summed E-state index contributed by atoms with van der Waals surface area (Å²) in [6.45, 7) is 0.594. The average Bonchev–Trinajstić information content (AvgIpc) is 2.65. The van der Waals surface area contributed by atoms with Gasteiger partial charge in [0.25, 0.3) is 0 Å². The van der Waals surface area contributed by atoms with E-state index in [0.29, 0.717) is 10.8 Å². The number of hydrogen-bond donors (Lipinski definition) is 1. The molecular weight excluding hydrogens is 442 g/mol. The third-order valence-electron chi connectivity index (χ3n) is 3.87. The fourth-order valence-corrected chi connectivity index (χ4v) is 3.83. The monoisotopic (exact) mass is 462 g/mol. The number of ether oxygens (including phenoxy) is 1.